The highest BCUT2D eigenvalue weighted by Crippen LogP contribution is 2.03. The Labute approximate surface area is 124 Å². The fraction of sp³-hybridized carbons (Fsp3) is 0.400. The van der Waals surface area contributed by atoms with E-state index in [1.807, 2.05) is 6.92 Å². The molecule has 21 heavy (non-hydrogen) atoms. The van der Waals surface area contributed by atoms with Gasteiger partial charge in [-0.1, -0.05) is 11.8 Å². The molecule has 2 amide bonds. The summed E-state index contributed by atoms with van der Waals surface area (Å²) in [5, 5.41) is 11.2. The van der Waals surface area contributed by atoms with Gasteiger partial charge in [-0.2, -0.15) is 0 Å². The molecule has 0 saturated carbocycles. The lowest BCUT2D eigenvalue weighted by atomic mass is 10.2. The number of rotatable bonds is 5. The van der Waals surface area contributed by atoms with Gasteiger partial charge >= 0.3 is 0 Å². The van der Waals surface area contributed by atoms with E-state index in [2.05, 4.69) is 22.1 Å². The van der Waals surface area contributed by atoms with Crippen LogP contribution in [-0.2, 0) is 4.79 Å². The number of aromatic nitrogens is 1. The molecular formula is C15H19N3O3. The fourth-order valence-corrected chi connectivity index (χ4v) is 1.45. The third-order valence-electron chi connectivity index (χ3n) is 2.78. The molecule has 0 aromatic carbocycles. The summed E-state index contributed by atoms with van der Waals surface area (Å²) in [5.74, 6) is 4.92. The Bertz CT molecular complexity index is 561. The standard InChI is InChI=1S/C15H19N3O3/c1-3-18(2)13(20)11-17-15(21)14-12(7-4-5-10-19)8-6-9-16-14/h6,8-9,19H,3,5,10-11H2,1-2H3,(H,17,21). The molecule has 2 N–H and O–H groups in total. The number of likely N-dealkylation sites (N-methyl/N-ethyl adjacent to an activating group) is 1. The number of hydrogen-bond donors (Lipinski definition) is 2. The van der Waals surface area contributed by atoms with Gasteiger partial charge in [0.1, 0.15) is 5.69 Å². The first-order valence-corrected chi connectivity index (χ1v) is 6.67. The fourth-order valence-electron chi connectivity index (χ4n) is 1.45. The summed E-state index contributed by atoms with van der Waals surface area (Å²) in [6.07, 6.45) is 1.82. The minimum atomic E-state index is -0.443. The summed E-state index contributed by atoms with van der Waals surface area (Å²) in [6.45, 7) is 2.32. The number of carbonyl (C=O) groups is 2. The van der Waals surface area contributed by atoms with Gasteiger partial charge in [0, 0.05) is 26.2 Å². The first-order valence-electron chi connectivity index (χ1n) is 6.67. The van der Waals surface area contributed by atoms with E-state index < -0.39 is 5.91 Å². The van der Waals surface area contributed by atoms with Crippen molar-refractivity contribution in [1.29, 1.82) is 0 Å². The average Bonchev–Trinajstić information content (AvgIpc) is 2.52. The monoisotopic (exact) mass is 289 g/mol. The smallest absolute Gasteiger partial charge is 0.271 e. The molecule has 6 heteroatoms. The number of amides is 2. The zero-order valence-electron chi connectivity index (χ0n) is 12.2. The lowest BCUT2D eigenvalue weighted by Crippen LogP contribution is -2.38. The zero-order valence-corrected chi connectivity index (χ0v) is 12.2. The van der Waals surface area contributed by atoms with Crippen LogP contribution in [0.25, 0.3) is 0 Å². The molecule has 0 aliphatic carbocycles. The van der Waals surface area contributed by atoms with E-state index in [-0.39, 0.29) is 24.8 Å². The normalized spacial score (nSPS) is 9.48. The summed E-state index contributed by atoms with van der Waals surface area (Å²) in [5.41, 5.74) is 0.648. The van der Waals surface area contributed by atoms with Crippen molar-refractivity contribution in [2.24, 2.45) is 0 Å². The van der Waals surface area contributed by atoms with Gasteiger partial charge in [-0.25, -0.2) is 4.98 Å². The predicted octanol–water partition coefficient (Wildman–Crippen LogP) is 0.0236. The summed E-state index contributed by atoms with van der Waals surface area (Å²) < 4.78 is 0. The van der Waals surface area contributed by atoms with Crippen molar-refractivity contribution >= 4 is 11.8 Å². The molecule has 1 aromatic heterocycles. The van der Waals surface area contributed by atoms with Crippen molar-refractivity contribution in [3.8, 4) is 11.8 Å². The molecular weight excluding hydrogens is 270 g/mol. The number of aliphatic hydroxyl groups is 1. The first kappa shape index (κ1) is 16.7. The van der Waals surface area contributed by atoms with Crippen LogP contribution in [0.2, 0.25) is 0 Å². The molecule has 0 atom stereocenters. The van der Waals surface area contributed by atoms with Gasteiger partial charge < -0.3 is 15.3 Å². The molecule has 0 fully saturated rings. The largest absolute Gasteiger partial charge is 0.395 e. The maximum Gasteiger partial charge on any atom is 0.271 e. The number of nitrogens with one attached hydrogen (secondary N) is 1. The van der Waals surface area contributed by atoms with E-state index in [4.69, 9.17) is 5.11 Å². The van der Waals surface area contributed by atoms with Crippen molar-refractivity contribution in [3.63, 3.8) is 0 Å². The Morgan fingerprint density at radius 1 is 1.48 bits per heavy atom. The number of pyridine rings is 1. The second kappa shape index (κ2) is 8.72. The van der Waals surface area contributed by atoms with Crippen molar-refractivity contribution in [1.82, 2.24) is 15.2 Å². The minimum absolute atomic E-state index is 0.0351. The Morgan fingerprint density at radius 3 is 2.90 bits per heavy atom. The summed E-state index contributed by atoms with van der Waals surface area (Å²) in [6, 6.07) is 3.35. The quantitative estimate of drug-likeness (QED) is 0.749. The maximum atomic E-state index is 12.1. The van der Waals surface area contributed by atoms with Crippen molar-refractivity contribution < 1.29 is 14.7 Å². The highest BCUT2D eigenvalue weighted by Gasteiger charge is 2.14. The molecule has 0 spiro atoms. The molecule has 112 valence electrons. The first-order chi connectivity index (χ1) is 10.1. The molecule has 1 aromatic rings. The van der Waals surface area contributed by atoms with Crippen molar-refractivity contribution in [3.05, 3.63) is 29.6 Å². The van der Waals surface area contributed by atoms with Crippen LogP contribution in [-0.4, -0.2) is 53.5 Å². The van der Waals surface area contributed by atoms with Crippen molar-refractivity contribution in [2.45, 2.75) is 13.3 Å². The van der Waals surface area contributed by atoms with Gasteiger partial charge in [0.25, 0.3) is 5.91 Å². The molecule has 6 nitrogen and oxygen atoms in total. The molecule has 1 rings (SSSR count). The van der Waals surface area contributed by atoms with Crippen LogP contribution < -0.4 is 5.32 Å². The second-order valence-corrected chi connectivity index (χ2v) is 4.27. The van der Waals surface area contributed by atoms with Gasteiger partial charge in [0.2, 0.25) is 5.91 Å². The number of nitrogens with zero attached hydrogens (tertiary/aromatic N) is 2. The van der Waals surface area contributed by atoms with E-state index in [0.717, 1.165) is 0 Å². The molecule has 1 heterocycles. The zero-order chi connectivity index (χ0) is 15.7. The Kier molecular flexibility index (Phi) is 6.92. The van der Waals surface area contributed by atoms with Gasteiger partial charge in [0.05, 0.1) is 18.7 Å². The van der Waals surface area contributed by atoms with Crippen LogP contribution in [0.3, 0.4) is 0 Å². The minimum Gasteiger partial charge on any atom is -0.395 e. The Hall–Kier alpha value is -2.39. The van der Waals surface area contributed by atoms with Crippen LogP contribution in [0, 0.1) is 11.8 Å². The Balaban J connectivity index is 2.75. The lowest BCUT2D eigenvalue weighted by Gasteiger charge is -2.14. The van der Waals surface area contributed by atoms with Gasteiger partial charge in [0.15, 0.2) is 0 Å². The molecule has 0 unspecified atom stereocenters. The van der Waals surface area contributed by atoms with Crippen LogP contribution >= 0.6 is 0 Å². The van der Waals surface area contributed by atoms with E-state index >= 15 is 0 Å². The maximum absolute atomic E-state index is 12.1. The third kappa shape index (κ3) is 5.24. The molecule has 0 saturated heterocycles. The third-order valence-corrected chi connectivity index (χ3v) is 2.78. The topological polar surface area (TPSA) is 82.5 Å². The van der Waals surface area contributed by atoms with E-state index in [1.54, 1.807) is 19.2 Å². The van der Waals surface area contributed by atoms with E-state index in [1.165, 1.54) is 11.1 Å². The van der Waals surface area contributed by atoms with E-state index in [9.17, 15) is 9.59 Å². The average molecular weight is 289 g/mol. The molecule has 0 bridgehead atoms. The number of carbonyl (C=O) groups excluding carboxylic acids is 2. The molecule has 0 radical (unpaired) electrons. The highest BCUT2D eigenvalue weighted by molar-refractivity contribution is 5.96. The Morgan fingerprint density at radius 2 is 2.24 bits per heavy atom. The molecule has 0 aliphatic heterocycles. The van der Waals surface area contributed by atoms with Crippen LogP contribution in [0.15, 0.2) is 18.3 Å². The summed E-state index contributed by atoms with van der Waals surface area (Å²) in [7, 11) is 1.67. The SMILES string of the molecule is CCN(C)C(=O)CNC(=O)c1ncccc1C#CCCO. The summed E-state index contributed by atoms with van der Waals surface area (Å²) >= 11 is 0. The second-order valence-electron chi connectivity index (χ2n) is 4.27. The van der Waals surface area contributed by atoms with Gasteiger partial charge in [-0.05, 0) is 19.1 Å². The number of aliphatic hydroxyl groups excluding tert-OH is 1. The van der Waals surface area contributed by atoms with Crippen LogP contribution in [0.4, 0.5) is 0 Å². The van der Waals surface area contributed by atoms with Gasteiger partial charge in [-0.3, -0.25) is 9.59 Å². The lowest BCUT2D eigenvalue weighted by molar-refractivity contribution is -0.128. The van der Waals surface area contributed by atoms with Crippen molar-refractivity contribution in [2.75, 3.05) is 26.7 Å². The van der Waals surface area contributed by atoms with Gasteiger partial charge in [-0.15, -0.1) is 0 Å². The number of hydrogen-bond acceptors (Lipinski definition) is 4. The van der Waals surface area contributed by atoms with E-state index in [0.29, 0.717) is 18.5 Å². The van der Waals surface area contributed by atoms with Crippen LogP contribution in [0.1, 0.15) is 29.4 Å². The van der Waals surface area contributed by atoms with Crippen LogP contribution in [0.5, 0.6) is 0 Å². The summed E-state index contributed by atoms with van der Waals surface area (Å²) in [4.78, 5) is 29.2. The predicted molar refractivity (Wildman–Crippen MR) is 78.5 cm³/mol. The molecule has 0 aliphatic rings. The highest BCUT2D eigenvalue weighted by atomic mass is 16.2.